The minimum atomic E-state index is 0.129. The van der Waals surface area contributed by atoms with E-state index in [1.165, 1.54) is 0 Å². The number of ketones is 1. The molecule has 0 amide bonds. The van der Waals surface area contributed by atoms with Crippen molar-refractivity contribution < 1.29 is 9.90 Å². The predicted octanol–water partition coefficient (Wildman–Crippen LogP) is 2.82. The van der Waals surface area contributed by atoms with Crippen LogP contribution in [0.1, 0.15) is 28.9 Å². The van der Waals surface area contributed by atoms with Gasteiger partial charge in [-0.3, -0.25) is 9.89 Å². The number of H-pyrrole nitrogens is 1. The molecule has 6 nitrogen and oxygen atoms in total. The van der Waals surface area contributed by atoms with Crippen LogP contribution in [0.25, 0.3) is 22.3 Å². The summed E-state index contributed by atoms with van der Waals surface area (Å²) in [6.07, 6.45) is 1.44. The second-order valence-electron chi connectivity index (χ2n) is 6.64. The highest BCUT2D eigenvalue weighted by molar-refractivity contribution is 6.08. The maximum atomic E-state index is 12.9. The van der Waals surface area contributed by atoms with E-state index >= 15 is 0 Å². The van der Waals surface area contributed by atoms with Crippen molar-refractivity contribution in [2.24, 2.45) is 5.92 Å². The lowest BCUT2D eigenvalue weighted by Gasteiger charge is -2.26. The lowest BCUT2D eigenvalue weighted by atomic mass is 9.93. The van der Waals surface area contributed by atoms with Crippen LogP contribution in [-0.2, 0) is 0 Å². The molecule has 0 atom stereocenters. The van der Waals surface area contributed by atoms with Gasteiger partial charge in [-0.1, -0.05) is 0 Å². The fourth-order valence-electron chi connectivity index (χ4n) is 3.20. The summed E-state index contributed by atoms with van der Waals surface area (Å²) in [6.45, 7) is 3.91. The van der Waals surface area contributed by atoms with Crippen LogP contribution in [0, 0.1) is 12.8 Å². The van der Waals surface area contributed by atoms with Gasteiger partial charge in [-0.25, -0.2) is 4.98 Å². The SMILES string of the molecule is Cc1[nH]nc2nc(-c3ccc(O)cc3)cc(C(=O)CCC3CNC3)c12. The first kappa shape index (κ1) is 15.8. The van der Waals surface area contributed by atoms with Gasteiger partial charge in [0.2, 0.25) is 0 Å². The molecule has 3 N–H and O–H groups in total. The van der Waals surface area contributed by atoms with E-state index in [1.807, 2.05) is 13.0 Å². The molecule has 4 rings (SSSR count). The van der Waals surface area contributed by atoms with Crippen LogP contribution in [0.3, 0.4) is 0 Å². The number of nitrogens with zero attached hydrogens (tertiary/aromatic N) is 2. The van der Waals surface area contributed by atoms with Gasteiger partial charge in [-0.2, -0.15) is 5.10 Å². The Kier molecular flexibility index (Phi) is 3.97. The average Bonchev–Trinajstić information content (AvgIpc) is 2.94. The molecular formula is C19H20N4O2. The topological polar surface area (TPSA) is 90.9 Å². The van der Waals surface area contributed by atoms with Crippen LogP contribution in [0.2, 0.25) is 0 Å². The van der Waals surface area contributed by atoms with Gasteiger partial charge in [0, 0.05) is 23.2 Å². The third-order valence-corrected chi connectivity index (χ3v) is 4.81. The first-order valence-corrected chi connectivity index (χ1v) is 8.51. The Morgan fingerprint density at radius 1 is 1.28 bits per heavy atom. The molecule has 1 saturated heterocycles. The number of phenolic OH excluding ortho intramolecular Hbond substituents is 1. The molecule has 0 aliphatic carbocycles. The molecule has 0 radical (unpaired) electrons. The molecule has 3 heterocycles. The highest BCUT2D eigenvalue weighted by Gasteiger charge is 2.21. The summed E-state index contributed by atoms with van der Waals surface area (Å²) in [5, 5.41) is 20.7. The second-order valence-corrected chi connectivity index (χ2v) is 6.64. The minimum absolute atomic E-state index is 0.129. The zero-order valence-electron chi connectivity index (χ0n) is 14.0. The smallest absolute Gasteiger partial charge is 0.182 e. The molecule has 0 spiro atoms. The fraction of sp³-hybridized carbons (Fsp3) is 0.316. The maximum absolute atomic E-state index is 12.9. The van der Waals surface area contributed by atoms with Gasteiger partial charge in [0.15, 0.2) is 11.4 Å². The van der Waals surface area contributed by atoms with E-state index in [0.29, 0.717) is 29.2 Å². The van der Waals surface area contributed by atoms with Gasteiger partial charge in [-0.15, -0.1) is 0 Å². The number of pyridine rings is 1. The van der Waals surface area contributed by atoms with Crippen LogP contribution in [0.15, 0.2) is 30.3 Å². The second kappa shape index (κ2) is 6.29. The maximum Gasteiger partial charge on any atom is 0.182 e. The molecule has 1 aromatic carbocycles. The van der Waals surface area contributed by atoms with E-state index in [0.717, 1.165) is 36.2 Å². The monoisotopic (exact) mass is 336 g/mol. The van der Waals surface area contributed by atoms with Gasteiger partial charge in [0.1, 0.15) is 5.75 Å². The average molecular weight is 336 g/mol. The normalized spacial score (nSPS) is 14.6. The van der Waals surface area contributed by atoms with Gasteiger partial charge in [0.25, 0.3) is 0 Å². The Hall–Kier alpha value is -2.73. The molecule has 25 heavy (non-hydrogen) atoms. The number of rotatable bonds is 5. The van der Waals surface area contributed by atoms with Crippen molar-refractivity contribution in [3.8, 4) is 17.0 Å². The van der Waals surface area contributed by atoms with Gasteiger partial charge in [0.05, 0.1) is 11.1 Å². The van der Waals surface area contributed by atoms with Gasteiger partial charge >= 0.3 is 0 Å². The Morgan fingerprint density at radius 3 is 2.72 bits per heavy atom. The molecule has 3 aromatic rings. The lowest BCUT2D eigenvalue weighted by Crippen LogP contribution is -2.42. The number of aromatic nitrogens is 3. The number of carbonyl (C=O) groups excluding carboxylic acids is 1. The number of aryl methyl sites for hydroxylation is 1. The van der Waals surface area contributed by atoms with Crippen LogP contribution < -0.4 is 5.32 Å². The van der Waals surface area contributed by atoms with Crippen molar-refractivity contribution in [2.45, 2.75) is 19.8 Å². The van der Waals surface area contributed by atoms with E-state index in [4.69, 9.17) is 0 Å². The molecule has 1 aliphatic rings. The third kappa shape index (κ3) is 3.00. The van der Waals surface area contributed by atoms with Crippen molar-refractivity contribution in [2.75, 3.05) is 13.1 Å². The Labute approximate surface area is 145 Å². The number of phenols is 1. The summed E-state index contributed by atoms with van der Waals surface area (Å²) in [4.78, 5) is 17.4. The Bertz CT molecular complexity index is 926. The van der Waals surface area contributed by atoms with E-state index in [2.05, 4.69) is 20.5 Å². The summed E-state index contributed by atoms with van der Waals surface area (Å²) in [5.41, 5.74) is 3.61. The number of Topliss-reactive ketones (excluding diaryl/α,β-unsaturated/α-hetero) is 1. The zero-order valence-corrected chi connectivity index (χ0v) is 14.0. The number of aromatic hydroxyl groups is 1. The third-order valence-electron chi connectivity index (χ3n) is 4.81. The number of benzene rings is 1. The van der Waals surface area contributed by atoms with Gasteiger partial charge < -0.3 is 10.4 Å². The molecule has 0 bridgehead atoms. The van der Waals surface area contributed by atoms with Crippen molar-refractivity contribution in [3.05, 3.63) is 41.6 Å². The molecule has 1 aliphatic heterocycles. The molecular weight excluding hydrogens is 316 g/mol. The number of aromatic amines is 1. The standard InChI is InChI=1S/C19H20N4O2/c1-11-18-15(17(25)7-2-12-9-20-10-12)8-16(21-19(18)23-22-11)13-3-5-14(24)6-4-13/h3-6,8,12,20,24H,2,7,9-10H2,1H3,(H,21,22,23). The summed E-state index contributed by atoms with van der Waals surface area (Å²) in [7, 11) is 0. The molecule has 0 saturated carbocycles. The van der Waals surface area contributed by atoms with Crippen molar-refractivity contribution in [3.63, 3.8) is 0 Å². The fourth-order valence-corrected chi connectivity index (χ4v) is 3.20. The van der Waals surface area contributed by atoms with Crippen LogP contribution in [0.5, 0.6) is 5.75 Å². The number of hydrogen-bond donors (Lipinski definition) is 3. The lowest BCUT2D eigenvalue weighted by molar-refractivity contribution is 0.0970. The molecule has 1 fully saturated rings. The zero-order chi connectivity index (χ0) is 17.4. The summed E-state index contributed by atoms with van der Waals surface area (Å²) < 4.78 is 0. The molecule has 128 valence electrons. The van der Waals surface area contributed by atoms with Crippen LogP contribution in [-0.4, -0.2) is 39.2 Å². The first-order valence-electron chi connectivity index (χ1n) is 8.51. The largest absolute Gasteiger partial charge is 0.508 e. The summed E-state index contributed by atoms with van der Waals surface area (Å²) in [5.74, 6) is 0.929. The van der Waals surface area contributed by atoms with Crippen molar-refractivity contribution in [1.29, 1.82) is 0 Å². The predicted molar refractivity (Wildman–Crippen MR) is 95.7 cm³/mol. The number of carbonyl (C=O) groups is 1. The molecule has 6 heteroatoms. The summed E-state index contributed by atoms with van der Waals surface area (Å²) in [6, 6.07) is 8.65. The minimum Gasteiger partial charge on any atom is -0.508 e. The van der Waals surface area contributed by atoms with Crippen LogP contribution in [0.4, 0.5) is 0 Å². The number of nitrogens with one attached hydrogen (secondary N) is 2. The summed E-state index contributed by atoms with van der Waals surface area (Å²) >= 11 is 0. The highest BCUT2D eigenvalue weighted by atomic mass is 16.3. The van der Waals surface area contributed by atoms with E-state index in [1.54, 1.807) is 24.3 Å². The van der Waals surface area contributed by atoms with E-state index in [9.17, 15) is 9.90 Å². The first-order chi connectivity index (χ1) is 12.1. The Morgan fingerprint density at radius 2 is 2.04 bits per heavy atom. The van der Waals surface area contributed by atoms with Crippen molar-refractivity contribution in [1.82, 2.24) is 20.5 Å². The molecule has 0 unspecified atom stereocenters. The molecule has 2 aromatic heterocycles. The quantitative estimate of drug-likeness (QED) is 0.623. The van der Waals surface area contributed by atoms with Gasteiger partial charge in [-0.05, 0) is 62.7 Å². The van der Waals surface area contributed by atoms with E-state index < -0.39 is 0 Å². The Balaban J connectivity index is 1.73. The number of fused-ring (bicyclic) bond motifs is 1. The van der Waals surface area contributed by atoms with E-state index in [-0.39, 0.29) is 11.5 Å². The highest BCUT2D eigenvalue weighted by Crippen LogP contribution is 2.28. The van der Waals surface area contributed by atoms with Crippen molar-refractivity contribution >= 4 is 16.8 Å². The van der Waals surface area contributed by atoms with Crippen LogP contribution >= 0.6 is 0 Å². The number of hydrogen-bond acceptors (Lipinski definition) is 5.